The van der Waals surface area contributed by atoms with Crippen molar-refractivity contribution in [2.24, 2.45) is 4.99 Å². The minimum absolute atomic E-state index is 0.485. The summed E-state index contributed by atoms with van der Waals surface area (Å²) in [6.45, 7) is 11.6. The molecule has 3 aliphatic rings. The molecule has 1 aromatic rings. The third kappa shape index (κ3) is 4.26. The first kappa shape index (κ1) is 19.9. The van der Waals surface area contributed by atoms with Gasteiger partial charge >= 0.3 is 0 Å². The monoisotopic (exact) mass is 404 g/mol. The minimum atomic E-state index is -1.19. The molecule has 3 aliphatic heterocycles. The van der Waals surface area contributed by atoms with Gasteiger partial charge in [0.25, 0.3) is 0 Å². The summed E-state index contributed by atoms with van der Waals surface area (Å²) in [6.07, 6.45) is 2.28. The van der Waals surface area contributed by atoms with Gasteiger partial charge in [-0.15, -0.1) is 0 Å². The highest BCUT2D eigenvalue weighted by molar-refractivity contribution is 7.83. The fourth-order valence-electron chi connectivity index (χ4n) is 4.30. The lowest BCUT2D eigenvalue weighted by Crippen LogP contribution is -2.52. The van der Waals surface area contributed by atoms with Crippen LogP contribution in [0.2, 0.25) is 0 Å². The van der Waals surface area contributed by atoms with Gasteiger partial charge in [-0.05, 0) is 36.5 Å². The molecule has 0 amide bonds. The Morgan fingerprint density at radius 2 is 1.71 bits per heavy atom. The largest absolute Gasteiger partial charge is 0.379 e. The van der Waals surface area contributed by atoms with E-state index in [2.05, 4.69) is 35.8 Å². The van der Waals surface area contributed by atoms with Gasteiger partial charge in [0.1, 0.15) is 0 Å². The van der Waals surface area contributed by atoms with Gasteiger partial charge in [-0.3, -0.25) is 14.2 Å². The van der Waals surface area contributed by atoms with E-state index < -0.39 is 11.0 Å². The summed E-state index contributed by atoms with van der Waals surface area (Å²) in [5.74, 6) is 1.41. The second kappa shape index (κ2) is 8.93. The van der Waals surface area contributed by atoms with Gasteiger partial charge in [0.2, 0.25) is 5.96 Å². The topological polar surface area (TPSA) is 48.4 Å². The van der Waals surface area contributed by atoms with E-state index in [1.807, 2.05) is 16.4 Å². The Morgan fingerprint density at radius 3 is 2.36 bits per heavy atom. The molecule has 2 fully saturated rings. The highest BCUT2D eigenvalue weighted by Gasteiger charge is 2.32. The summed E-state index contributed by atoms with van der Waals surface area (Å²) in [7, 11) is -1.19. The predicted octanol–water partition coefficient (Wildman–Crippen LogP) is 2.30. The maximum absolute atomic E-state index is 13.2. The van der Waals surface area contributed by atoms with E-state index in [0.29, 0.717) is 12.0 Å². The normalized spacial score (nSPS) is 23.3. The maximum Gasteiger partial charge on any atom is 0.209 e. The number of piperidine rings is 1. The highest BCUT2D eigenvalue weighted by Crippen LogP contribution is 2.23. The number of morpholine rings is 1. The van der Waals surface area contributed by atoms with Crippen LogP contribution >= 0.6 is 0 Å². The molecule has 1 aromatic carbocycles. The first-order chi connectivity index (χ1) is 13.6. The fraction of sp³-hybridized carbons (Fsp3) is 0.667. The number of guanidine groups is 1. The minimum Gasteiger partial charge on any atom is -0.379 e. The molecule has 3 heterocycles. The van der Waals surface area contributed by atoms with Gasteiger partial charge in [-0.25, -0.2) is 4.21 Å². The summed E-state index contributed by atoms with van der Waals surface area (Å²) >= 11 is 0. The van der Waals surface area contributed by atoms with E-state index in [-0.39, 0.29) is 0 Å². The summed E-state index contributed by atoms with van der Waals surface area (Å²) in [5.41, 5.74) is 1.28. The first-order valence-electron chi connectivity index (χ1n) is 10.5. The third-order valence-electron chi connectivity index (χ3n) is 6.04. The van der Waals surface area contributed by atoms with Crippen LogP contribution in [-0.2, 0) is 15.7 Å². The van der Waals surface area contributed by atoms with Crippen molar-refractivity contribution in [3.8, 4) is 0 Å². The number of rotatable bonds is 4. The van der Waals surface area contributed by atoms with Gasteiger partial charge in [-0.2, -0.15) is 0 Å². The van der Waals surface area contributed by atoms with Crippen LogP contribution in [0, 0.1) is 0 Å². The van der Waals surface area contributed by atoms with Crippen LogP contribution in [0.1, 0.15) is 38.2 Å². The molecule has 2 saturated heterocycles. The van der Waals surface area contributed by atoms with E-state index >= 15 is 0 Å². The molecule has 0 spiro atoms. The highest BCUT2D eigenvalue weighted by atomic mass is 32.2. The first-order valence-corrected chi connectivity index (χ1v) is 11.6. The van der Waals surface area contributed by atoms with E-state index in [0.717, 1.165) is 76.2 Å². The molecule has 154 valence electrons. The number of aliphatic imine (C=N–C) groups is 1. The lowest BCUT2D eigenvalue weighted by atomic mass is 10.0. The molecule has 0 radical (unpaired) electrons. The van der Waals surface area contributed by atoms with E-state index in [1.165, 1.54) is 5.56 Å². The molecular formula is C21H32N4O2S. The molecule has 0 N–H and O–H groups in total. The number of ether oxygens (including phenoxy) is 1. The Labute approximate surface area is 171 Å². The molecule has 4 rings (SSSR count). The zero-order chi connectivity index (χ0) is 19.5. The maximum atomic E-state index is 13.2. The number of likely N-dealkylation sites (tertiary alicyclic amines) is 1. The molecule has 0 bridgehead atoms. The molecule has 6 nitrogen and oxygen atoms in total. The second-order valence-corrected chi connectivity index (χ2v) is 9.53. The van der Waals surface area contributed by atoms with Gasteiger partial charge in [0, 0.05) is 32.2 Å². The number of benzene rings is 1. The van der Waals surface area contributed by atoms with Crippen LogP contribution in [0.15, 0.2) is 34.2 Å². The van der Waals surface area contributed by atoms with Crippen molar-refractivity contribution < 1.29 is 8.95 Å². The molecule has 0 aromatic heterocycles. The Morgan fingerprint density at radius 1 is 1.04 bits per heavy atom. The molecule has 1 unspecified atom stereocenters. The fourth-order valence-corrected chi connectivity index (χ4v) is 5.50. The summed E-state index contributed by atoms with van der Waals surface area (Å²) in [4.78, 5) is 10.5. The van der Waals surface area contributed by atoms with Gasteiger partial charge in [0.05, 0.1) is 31.2 Å². The van der Waals surface area contributed by atoms with E-state index in [4.69, 9.17) is 9.73 Å². The van der Waals surface area contributed by atoms with E-state index in [1.54, 1.807) is 0 Å². The number of hydrogen-bond acceptors (Lipinski definition) is 5. The van der Waals surface area contributed by atoms with Crippen LogP contribution in [0.4, 0.5) is 0 Å². The van der Waals surface area contributed by atoms with Crippen LogP contribution in [-0.4, -0.2) is 82.8 Å². The van der Waals surface area contributed by atoms with Crippen molar-refractivity contribution in [1.29, 1.82) is 0 Å². The Balaban J connectivity index is 1.37. The Kier molecular flexibility index (Phi) is 6.33. The second-order valence-electron chi connectivity index (χ2n) is 8.12. The Bertz CT molecular complexity index is 708. The zero-order valence-corrected chi connectivity index (χ0v) is 17.9. The molecule has 7 heteroatoms. The molecule has 0 saturated carbocycles. The third-order valence-corrected chi connectivity index (χ3v) is 7.46. The van der Waals surface area contributed by atoms with Crippen molar-refractivity contribution in [3.63, 3.8) is 0 Å². The molecular weight excluding hydrogens is 372 g/mol. The standard InChI is InChI=1S/C21H32N4O2S/c1-17(2)18-3-5-20(6-4-18)28(26)25-12-9-22-21(25)24-10-7-19(8-11-24)23-13-15-27-16-14-23/h3-6,17,19H,7-16H2,1-2H3. The predicted molar refractivity (Wildman–Crippen MR) is 113 cm³/mol. The number of hydrogen-bond donors (Lipinski definition) is 0. The molecule has 28 heavy (non-hydrogen) atoms. The lowest BCUT2D eigenvalue weighted by molar-refractivity contribution is 0.00509. The molecule has 1 atom stereocenters. The van der Waals surface area contributed by atoms with Crippen molar-refractivity contribution >= 4 is 16.9 Å². The average Bonchev–Trinajstić information content (AvgIpc) is 3.24. The van der Waals surface area contributed by atoms with Crippen LogP contribution in [0.5, 0.6) is 0 Å². The summed E-state index contributed by atoms with van der Waals surface area (Å²) in [5, 5.41) is 0. The van der Waals surface area contributed by atoms with Crippen LogP contribution < -0.4 is 0 Å². The van der Waals surface area contributed by atoms with Crippen molar-refractivity contribution in [2.75, 3.05) is 52.5 Å². The van der Waals surface area contributed by atoms with Gasteiger partial charge in [-0.1, -0.05) is 26.0 Å². The SMILES string of the molecule is CC(C)c1ccc(S(=O)N2CCN=C2N2CCC(N3CCOCC3)CC2)cc1. The molecule has 0 aliphatic carbocycles. The number of nitrogens with zero attached hydrogens (tertiary/aromatic N) is 4. The smallest absolute Gasteiger partial charge is 0.209 e. The lowest BCUT2D eigenvalue weighted by Gasteiger charge is -2.41. The van der Waals surface area contributed by atoms with Crippen LogP contribution in [0.25, 0.3) is 0 Å². The van der Waals surface area contributed by atoms with Crippen molar-refractivity contribution in [3.05, 3.63) is 29.8 Å². The average molecular weight is 405 g/mol. The van der Waals surface area contributed by atoms with Crippen LogP contribution in [0.3, 0.4) is 0 Å². The van der Waals surface area contributed by atoms with Crippen molar-refractivity contribution in [2.45, 2.75) is 43.5 Å². The van der Waals surface area contributed by atoms with Gasteiger partial charge < -0.3 is 9.64 Å². The Hall–Kier alpha value is -1.44. The van der Waals surface area contributed by atoms with Crippen molar-refractivity contribution in [1.82, 2.24) is 14.1 Å². The summed E-state index contributed by atoms with van der Waals surface area (Å²) < 4.78 is 20.7. The quantitative estimate of drug-likeness (QED) is 0.773. The van der Waals surface area contributed by atoms with Gasteiger partial charge in [0.15, 0.2) is 11.0 Å². The summed E-state index contributed by atoms with van der Waals surface area (Å²) in [6, 6.07) is 8.85. The zero-order valence-electron chi connectivity index (χ0n) is 17.0. The van der Waals surface area contributed by atoms with E-state index in [9.17, 15) is 4.21 Å².